The monoisotopic (exact) mass is 227 g/mol. The van der Waals surface area contributed by atoms with Gasteiger partial charge in [0, 0.05) is 43.8 Å². The first kappa shape index (κ1) is 11.0. The van der Waals surface area contributed by atoms with Crippen molar-refractivity contribution < 1.29 is 0 Å². The van der Waals surface area contributed by atoms with Crippen LogP contribution in [0.2, 0.25) is 0 Å². The van der Waals surface area contributed by atoms with Crippen molar-refractivity contribution in [2.24, 2.45) is 7.05 Å². The first-order valence-electron chi connectivity index (χ1n) is 5.57. The molecule has 84 valence electrons. The predicted octanol–water partition coefficient (Wildman–Crippen LogP) is 2.01. The fraction of sp³-hybridized carbons (Fsp3) is 0.727. The summed E-state index contributed by atoms with van der Waals surface area (Å²) in [5, 5.41) is 4.19. The van der Waals surface area contributed by atoms with Gasteiger partial charge in [0.25, 0.3) is 0 Å². The maximum atomic E-state index is 5.83. The van der Waals surface area contributed by atoms with E-state index in [2.05, 4.69) is 16.2 Å². The maximum Gasteiger partial charge on any atom is 0.0534 e. The Labute approximate surface area is 96.0 Å². The molecule has 2 rings (SSSR count). The van der Waals surface area contributed by atoms with Crippen LogP contribution in [0.15, 0.2) is 12.4 Å². The SMILES string of the molecule is Cn1cc(CN(CCCl)C2CCC2)cn1. The van der Waals surface area contributed by atoms with Gasteiger partial charge in [-0.15, -0.1) is 11.6 Å². The molecule has 0 spiro atoms. The van der Waals surface area contributed by atoms with Gasteiger partial charge in [0.2, 0.25) is 0 Å². The van der Waals surface area contributed by atoms with Gasteiger partial charge in [0.05, 0.1) is 6.20 Å². The average molecular weight is 228 g/mol. The standard InChI is InChI=1S/C11H18ClN3/c1-14-8-10(7-13-14)9-15(6-5-12)11-3-2-4-11/h7-8,11H,2-6,9H2,1H3. The topological polar surface area (TPSA) is 21.1 Å². The number of nitrogens with zero attached hydrogens (tertiary/aromatic N) is 3. The number of aromatic nitrogens is 2. The summed E-state index contributed by atoms with van der Waals surface area (Å²) in [4.78, 5) is 2.48. The zero-order chi connectivity index (χ0) is 10.7. The van der Waals surface area contributed by atoms with E-state index in [4.69, 9.17) is 11.6 Å². The van der Waals surface area contributed by atoms with Crippen LogP contribution in [0.1, 0.15) is 24.8 Å². The smallest absolute Gasteiger partial charge is 0.0534 e. The van der Waals surface area contributed by atoms with E-state index in [-0.39, 0.29) is 0 Å². The molecule has 0 aliphatic heterocycles. The molecule has 15 heavy (non-hydrogen) atoms. The van der Waals surface area contributed by atoms with Crippen molar-refractivity contribution in [3.05, 3.63) is 18.0 Å². The molecule has 0 N–H and O–H groups in total. The number of alkyl halides is 1. The Balaban J connectivity index is 1.93. The van der Waals surface area contributed by atoms with Gasteiger partial charge in [-0.2, -0.15) is 5.10 Å². The largest absolute Gasteiger partial charge is 0.295 e. The van der Waals surface area contributed by atoms with Gasteiger partial charge in [-0.3, -0.25) is 9.58 Å². The zero-order valence-corrected chi connectivity index (χ0v) is 9.95. The van der Waals surface area contributed by atoms with Crippen molar-refractivity contribution in [1.29, 1.82) is 0 Å². The van der Waals surface area contributed by atoms with Crippen molar-refractivity contribution in [2.75, 3.05) is 12.4 Å². The molecule has 1 aromatic heterocycles. The summed E-state index contributed by atoms with van der Waals surface area (Å²) >= 11 is 5.83. The summed E-state index contributed by atoms with van der Waals surface area (Å²) < 4.78 is 1.86. The van der Waals surface area contributed by atoms with Crippen LogP contribution < -0.4 is 0 Å². The van der Waals surface area contributed by atoms with Gasteiger partial charge in [0.15, 0.2) is 0 Å². The molecule has 1 aromatic rings. The molecular weight excluding hydrogens is 210 g/mol. The second-order valence-electron chi connectivity index (χ2n) is 4.27. The average Bonchev–Trinajstić information content (AvgIpc) is 2.48. The first-order chi connectivity index (χ1) is 7.29. The molecule has 0 radical (unpaired) electrons. The Hall–Kier alpha value is -0.540. The highest BCUT2D eigenvalue weighted by atomic mass is 35.5. The van der Waals surface area contributed by atoms with Crippen molar-refractivity contribution in [2.45, 2.75) is 31.8 Å². The molecule has 0 aromatic carbocycles. The number of hydrogen-bond donors (Lipinski definition) is 0. The summed E-state index contributed by atoms with van der Waals surface area (Å²) in [6.45, 7) is 1.98. The molecule has 1 saturated carbocycles. The number of halogens is 1. The van der Waals surface area contributed by atoms with Crippen molar-refractivity contribution in [1.82, 2.24) is 14.7 Å². The van der Waals surface area contributed by atoms with Crippen LogP contribution in [-0.4, -0.2) is 33.1 Å². The Kier molecular flexibility index (Phi) is 3.65. The second-order valence-corrected chi connectivity index (χ2v) is 4.64. The summed E-state index contributed by atoms with van der Waals surface area (Å²) in [5.74, 6) is 0.719. The fourth-order valence-electron chi connectivity index (χ4n) is 2.04. The predicted molar refractivity (Wildman–Crippen MR) is 62.0 cm³/mol. The summed E-state index contributed by atoms with van der Waals surface area (Å²) in [6, 6.07) is 0.754. The Bertz CT molecular complexity index is 307. The molecule has 4 heteroatoms. The molecule has 0 bridgehead atoms. The molecule has 3 nitrogen and oxygen atoms in total. The highest BCUT2D eigenvalue weighted by Gasteiger charge is 2.24. The van der Waals surface area contributed by atoms with Crippen LogP contribution in [0, 0.1) is 0 Å². The van der Waals surface area contributed by atoms with Crippen LogP contribution in [0.3, 0.4) is 0 Å². The normalized spacial score (nSPS) is 17.0. The number of aryl methyl sites for hydroxylation is 1. The third kappa shape index (κ3) is 2.73. The lowest BCUT2D eigenvalue weighted by molar-refractivity contribution is 0.127. The van der Waals surface area contributed by atoms with Gasteiger partial charge in [-0.1, -0.05) is 6.42 Å². The molecule has 1 aliphatic carbocycles. The summed E-state index contributed by atoms with van der Waals surface area (Å²) in [6.07, 6.45) is 8.06. The van der Waals surface area contributed by atoms with E-state index in [1.54, 1.807) is 0 Å². The van der Waals surface area contributed by atoms with Crippen LogP contribution in [-0.2, 0) is 13.6 Å². The van der Waals surface area contributed by atoms with Crippen LogP contribution in [0.5, 0.6) is 0 Å². The van der Waals surface area contributed by atoms with E-state index in [1.165, 1.54) is 24.8 Å². The first-order valence-corrected chi connectivity index (χ1v) is 6.10. The fourth-order valence-corrected chi connectivity index (χ4v) is 2.26. The highest BCUT2D eigenvalue weighted by molar-refractivity contribution is 6.18. The minimum absolute atomic E-state index is 0.719. The van der Waals surface area contributed by atoms with Crippen molar-refractivity contribution >= 4 is 11.6 Å². The maximum absolute atomic E-state index is 5.83. The van der Waals surface area contributed by atoms with Gasteiger partial charge in [-0.25, -0.2) is 0 Å². The van der Waals surface area contributed by atoms with E-state index in [9.17, 15) is 0 Å². The molecule has 1 heterocycles. The van der Waals surface area contributed by atoms with Gasteiger partial charge in [0.1, 0.15) is 0 Å². The van der Waals surface area contributed by atoms with Crippen molar-refractivity contribution in [3.63, 3.8) is 0 Å². The Morgan fingerprint density at radius 2 is 2.40 bits per heavy atom. The number of hydrogen-bond acceptors (Lipinski definition) is 2. The number of rotatable bonds is 5. The second kappa shape index (κ2) is 4.99. The van der Waals surface area contributed by atoms with E-state index < -0.39 is 0 Å². The lowest BCUT2D eigenvalue weighted by atomic mass is 9.91. The quantitative estimate of drug-likeness (QED) is 0.718. The third-order valence-electron chi connectivity index (χ3n) is 3.11. The van der Waals surface area contributed by atoms with E-state index in [0.29, 0.717) is 0 Å². The van der Waals surface area contributed by atoms with E-state index in [0.717, 1.165) is 25.0 Å². The molecule has 1 aliphatic rings. The lowest BCUT2D eigenvalue weighted by Gasteiger charge is -2.37. The Morgan fingerprint density at radius 3 is 2.87 bits per heavy atom. The van der Waals surface area contributed by atoms with E-state index in [1.807, 2.05) is 17.9 Å². The van der Waals surface area contributed by atoms with Crippen LogP contribution >= 0.6 is 11.6 Å². The van der Waals surface area contributed by atoms with Crippen molar-refractivity contribution in [3.8, 4) is 0 Å². The molecule has 1 fully saturated rings. The van der Waals surface area contributed by atoms with E-state index >= 15 is 0 Å². The zero-order valence-electron chi connectivity index (χ0n) is 9.19. The molecule has 0 amide bonds. The van der Waals surface area contributed by atoms with Crippen LogP contribution in [0.4, 0.5) is 0 Å². The Morgan fingerprint density at radius 1 is 1.60 bits per heavy atom. The van der Waals surface area contributed by atoms with Gasteiger partial charge >= 0.3 is 0 Å². The molecular formula is C11H18ClN3. The minimum atomic E-state index is 0.719. The highest BCUT2D eigenvalue weighted by Crippen LogP contribution is 2.25. The summed E-state index contributed by atoms with van der Waals surface area (Å²) in [5.41, 5.74) is 1.29. The van der Waals surface area contributed by atoms with Crippen LogP contribution in [0.25, 0.3) is 0 Å². The van der Waals surface area contributed by atoms with Gasteiger partial charge < -0.3 is 0 Å². The molecule has 0 saturated heterocycles. The van der Waals surface area contributed by atoms with Gasteiger partial charge in [-0.05, 0) is 12.8 Å². The minimum Gasteiger partial charge on any atom is -0.295 e. The molecule has 0 unspecified atom stereocenters. The lowest BCUT2D eigenvalue weighted by Crippen LogP contribution is -2.40. The third-order valence-corrected chi connectivity index (χ3v) is 3.28. The molecule has 0 atom stereocenters. The summed E-state index contributed by atoms with van der Waals surface area (Å²) in [7, 11) is 1.96.